The van der Waals surface area contributed by atoms with Gasteiger partial charge in [-0.05, 0) is 44.4 Å². The van der Waals surface area contributed by atoms with Crippen LogP contribution in [0.1, 0.15) is 43.7 Å². The molecule has 2 fully saturated rings. The van der Waals surface area contributed by atoms with E-state index in [9.17, 15) is 14.7 Å². The van der Waals surface area contributed by atoms with Crippen LogP contribution in [-0.2, 0) is 9.59 Å². The Kier molecular flexibility index (Phi) is 7.95. The van der Waals surface area contributed by atoms with E-state index < -0.39 is 12.0 Å². The minimum Gasteiger partial charge on any atom is -0.497 e. The quantitative estimate of drug-likeness (QED) is 0.773. The molecule has 1 N–H and O–H groups in total. The molecule has 8 heteroatoms. The van der Waals surface area contributed by atoms with Crippen LogP contribution in [0.2, 0.25) is 0 Å². The van der Waals surface area contributed by atoms with E-state index in [2.05, 4.69) is 0 Å². The van der Waals surface area contributed by atoms with E-state index in [0.717, 1.165) is 31.2 Å². The van der Waals surface area contributed by atoms with Gasteiger partial charge >= 0.3 is 5.97 Å². The molecule has 3 rings (SSSR count). The first-order valence-electron chi connectivity index (χ1n) is 9.53. The Hall–Kier alpha value is -1.99. The smallest absolute Gasteiger partial charge is 0.320 e. The first kappa shape index (κ1) is 22.3. The number of piperidine rings is 1. The van der Waals surface area contributed by atoms with E-state index in [0.29, 0.717) is 31.0 Å². The van der Waals surface area contributed by atoms with E-state index in [4.69, 9.17) is 9.47 Å². The number of hydrogen-bond acceptors (Lipinski definition) is 5. The van der Waals surface area contributed by atoms with Gasteiger partial charge in [0.1, 0.15) is 17.5 Å². The topological polar surface area (TPSA) is 79.3 Å². The van der Waals surface area contributed by atoms with Gasteiger partial charge in [0.15, 0.2) is 0 Å². The summed E-state index contributed by atoms with van der Waals surface area (Å²) in [4.78, 5) is 28.2. The molecule has 2 aliphatic heterocycles. The summed E-state index contributed by atoms with van der Waals surface area (Å²) in [5.41, 5.74) is 0.970. The molecule has 0 aromatic heterocycles. The van der Waals surface area contributed by atoms with Gasteiger partial charge in [0.05, 0.1) is 26.8 Å². The predicted molar refractivity (Wildman–Crippen MR) is 107 cm³/mol. The van der Waals surface area contributed by atoms with Gasteiger partial charge in [-0.15, -0.1) is 12.4 Å². The molecule has 2 aliphatic rings. The molecule has 1 amide bonds. The molecule has 0 saturated carbocycles. The summed E-state index contributed by atoms with van der Waals surface area (Å²) in [5, 5.41) is 9.44. The van der Waals surface area contributed by atoms with Crippen molar-refractivity contribution in [1.29, 1.82) is 0 Å². The lowest BCUT2D eigenvalue weighted by atomic mass is 10.0. The third kappa shape index (κ3) is 4.70. The number of nitrogens with zero attached hydrogens (tertiary/aromatic N) is 2. The normalized spacial score (nSPS) is 22.4. The lowest BCUT2D eigenvalue weighted by Gasteiger charge is -2.34. The minimum absolute atomic E-state index is 0. The third-order valence-electron chi connectivity index (χ3n) is 5.61. The molecule has 7 nitrogen and oxygen atoms in total. The Morgan fingerprint density at radius 3 is 2.57 bits per heavy atom. The van der Waals surface area contributed by atoms with Gasteiger partial charge in [-0.2, -0.15) is 0 Å². The highest BCUT2D eigenvalue weighted by Crippen LogP contribution is 2.38. The molecule has 0 spiro atoms. The number of carboxylic acid groups (broad SMARTS) is 1. The average molecular weight is 413 g/mol. The van der Waals surface area contributed by atoms with Crippen LogP contribution in [0.5, 0.6) is 11.5 Å². The van der Waals surface area contributed by atoms with Gasteiger partial charge in [0, 0.05) is 18.2 Å². The van der Waals surface area contributed by atoms with Gasteiger partial charge in [0.25, 0.3) is 0 Å². The number of aliphatic carboxylic acids is 1. The Bertz CT molecular complexity index is 699. The summed E-state index contributed by atoms with van der Waals surface area (Å²) in [6.45, 7) is 1.50. The predicted octanol–water partition coefficient (Wildman–Crippen LogP) is 2.73. The van der Waals surface area contributed by atoms with Crippen molar-refractivity contribution in [2.75, 3.05) is 33.9 Å². The standard InChI is InChI=1S/C20H28N2O5.ClH/c1-26-14-8-9-15(18(12-14)27-2)16-7-5-11-22(16)19(23)13-21-10-4-3-6-17(21)20(24)25;/h8-9,12,16-17H,3-7,10-11,13H2,1-2H3,(H,24,25);1H. The Morgan fingerprint density at radius 2 is 1.89 bits per heavy atom. The summed E-state index contributed by atoms with van der Waals surface area (Å²) >= 11 is 0. The maximum Gasteiger partial charge on any atom is 0.320 e. The first-order valence-corrected chi connectivity index (χ1v) is 9.53. The van der Waals surface area contributed by atoms with Crippen molar-refractivity contribution >= 4 is 24.3 Å². The average Bonchev–Trinajstić information content (AvgIpc) is 3.17. The van der Waals surface area contributed by atoms with E-state index in [-0.39, 0.29) is 30.9 Å². The number of amides is 1. The van der Waals surface area contributed by atoms with Crippen LogP contribution in [0.25, 0.3) is 0 Å². The number of hydrogen-bond donors (Lipinski definition) is 1. The van der Waals surface area contributed by atoms with Gasteiger partial charge in [-0.1, -0.05) is 6.42 Å². The zero-order valence-electron chi connectivity index (χ0n) is 16.4. The Balaban J connectivity index is 0.00000280. The largest absolute Gasteiger partial charge is 0.497 e. The molecule has 2 saturated heterocycles. The molecule has 1 aromatic rings. The van der Waals surface area contributed by atoms with E-state index in [1.165, 1.54) is 0 Å². The van der Waals surface area contributed by atoms with Crippen molar-refractivity contribution in [3.63, 3.8) is 0 Å². The second-order valence-electron chi connectivity index (χ2n) is 7.17. The first-order chi connectivity index (χ1) is 13.0. The van der Waals surface area contributed by atoms with Crippen molar-refractivity contribution in [2.24, 2.45) is 0 Å². The monoisotopic (exact) mass is 412 g/mol. The number of ether oxygens (including phenoxy) is 2. The zero-order chi connectivity index (χ0) is 19.4. The van der Waals surface area contributed by atoms with Gasteiger partial charge in [0.2, 0.25) is 5.91 Å². The Morgan fingerprint density at radius 1 is 1.11 bits per heavy atom. The fourth-order valence-corrected chi connectivity index (χ4v) is 4.21. The van der Waals surface area contributed by atoms with Crippen LogP contribution in [-0.4, -0.2) is 66.7 Å². The SMILES string of the molecule is COc1ccc(C2CCCN2C(=O)CN2CCCCC2C(=O)O)c(OC)c1.Cl. The fraction of sp³-hybridized carbons (Fsp3) is 0.600. The molecule has 0 radical (unpaired) electrons. The number of benzene rings is 1. The van der Waals surface area contributed by atoms with Gasteiger partial charge in [-0.25, -0.2) is 0 Å². The van der Waals surface area contributed by atoms with Crippen molar-refractivity contribution in [3.05, 3.63) is 23.8 Å². The second-order valence-corrected chi connectivity index (χ2v) is 7.17. The van der Waals surface area contributed by atoms with Crippen LogP contribution >= 0.6 is 12.4 Å². The molecule has 0 aliphatic carbocycles. The number of likely N-dealkylation sites (tertiary alicyclic amines) is 2. The maximum atomic E-state index is 13.0. The molecular weight excluding hydrogens is 384 g/mol. The summed E-state index contributed by atoms with van der Waals surface area (Å²) in [6.07, 6.45) is 4.24. The minimum atomic E-state index is -0.836. The summed E-state index contributed by atoms with van der Waals surface area (Å²) in [5.74, 6) is 0.574. The highest BCUT2D eigenvalue weighted by atomic mass is 35.5. The molecule has 156 valence electrons. The Labute approximate surface area is 172 Å². The number of halogens is 1. The molecular formula is C20H29ClN2O5. The van der Waals surface area contributed by atoms with Crippen LogP contribution < -0.4 is 9.47 Å². The zero-order valence-corrected chi connectivity index (χ0v) is 17.2. The number of carbonyl (C=O) groups is 2. The molecule has 0 bridgehead atoms. The van der Waals surface area contributed by atoms with Crippen molar-refractivity contribution in [1.82, 2.24) is 9.80 Å². The lowest BCUT2D eigenvalue weighted by molar-refractivity contribution is -0.146. The summed E-state index contributed by atoms with van der Waals surface area (Å²) in [6, 6.07) is 5.06. The van der Waals surface area contributed by atoms with E-state index in [1.807, 2.05) is 28.0 Å². The van der Waals surface area contributed by atoms with E-state index >= 15 is 0 Å². The van der Waals surface area contributed by atoms with Gasteiger partial charge < -0.3 is 19.5 Å². The van der Waals surface area contributed by atoms with Crippen LogP contribution in [0, 0.1) is 0 Å². The lowest BCUT2D eigenvalue weighted by Crippen LogP contribution is -2.49. The second kappa shape index (κ2) is 9.98. The fourth-order valence-electron chi connectivity index (χ4n) is 4.21. The number of carboxylic acids is 1. The molecule has 2 unspecified atom stereocenters. The highest BCUT2D eigenvalue weighted by Gasteiger charge is 2.35. The van der Waals surface area contributed by atoms with Crippen molar-refractivity contribution in [3.8, 4) is 11.5 Å². The van der Waals surface area contributed by atoms with Crippen LogP contribution in [0.4, 0.5) is 0 Å². The summed E-state index contributed by atoms with van der Waals surface area (Å²) in [7, 11) is 3.22. The van der Waals surface area contributed by atoms with Crippen LogP contribution in [0.3, 0.4) is 0 Å². The number of rotatable bonds is 6. The van der Waals surface area contributed by atoms with Crippen molar-refractivity contribution in [2.45, 2.75) is 44.2 Å². The molecule has 28 heavy (non-hydrogen) atoms. The molecule has 1 aromatic carbocycles. The molecule has 2 atom stereocenters. The van der Waals surface area contributed by atoms with Crippen molar-refractivity contribution < 1.29 is 24.2 Å². The van der Waals surface area contributed by atoms with Gasteiger partial charge in [-0.3, -0.25) is 14.5 Å². The third-order valence-corrected chi connectivity index (χ3v) is 5.61. The maximum absolute atomic E-state index is 13.0. The summed E-state index contributed by atoms with van der Waals surface area (Å²) < 4.78 is 10.8. The number of methoxy groups -OCH3 is 2. The van der Waals surface area contributed by atoms with Crippen LogP contribution in [0.15, 0.2) is 18.2 Å². The van der Waals surface area contributed by atoms with E-state index in [1.54, 1.807) is 14.2 Å². The molecule has 2 heterocycles. The number of carbonyl (C=O) groups excluding carboxylic acids is 1. The highest BCUT2D eigenvalue weighted by molar-refractivity contribution is 5.85.